The fourth-order valence-electron chi connectivity index (χ4n) is 10.9. The molecule has 8 heteroatoms. The number of hydrogen-bond acceptors (Lipinski definition) is 8. The lowest BCUT2D eigenvalue weighted by Gasteiger charge is -2.17. The highest BCUT2D eigenvalue weighted by Crippen LogP contribution is 2.43. The fourth-order valence-corrected chi connectivity index (χ4v) is 10.9. The Morgan fingerprint density at radius 2 is 0.513 bits per heavy atom. The Kier molecular flexibility index (Phi) is 10.0. The van der Waals surface area contributed by atoms with Crippen LogP contribution in [0, 0.1) is 0 Å². The molecular formula is C68H40N8. The third-order valence-electron chi connectivity index (χ3n) is 14.5. The van der Waals surface area contributed by atoms with Crippen molar-refractivity contribution in [2.45, 2.75) is 0 Å². The molecule has 0 spiro atoms. The summed E-state index contributed by atoms with van der Waals surface area (Å²) in [4.78, 5) is 41.7. The van der Waals surface area contributed by atoms with Gasteiger partial charge in [0.25, 0.3) is 0 Å². The summed E-state index contributed by atoms with van der Waals surface area (Å²) >= 11 is 0. The molecule has 352 valence electrons. The molecule has 0 fully saturated rings. The first kappa shape index (κ1) is 43.2. The molecule has 8 nitrogen and oxygen atoms in total. The highest BCUT2D eigenvalue weighted by atomic mass is 15.1. The number of pyridine rings is 2. The monoisotopic (exact) mass is 968 g/mol. The zero-order chi connectivity index (χ0) is 50.1. The molecule has 4 aromatic heterocycles. The lowest BCUT2D eigenvalue weighted by molar-refractivity contribution is 1.00. The van der Waals surface area contributed by atoms with Gasteiger partial charge in [0.2, 0.25) is 11.6 Å². The lowest BCUT2D eigenvalue weighted by atomic mass is 9.88. The Hall–Kier alpha value is -10.4. The van der Waals surface area contributed by atoms with E-state index in [0.717, 1.165) is 120 Å². The summed E-state index contributed by atoms with van der Waals surface area (Å²) in [6.07, 6.45) is 3.72. The van der Waals surface area contributed by atoms with Crippen LogP contribution < -0.4 is 0 Å². The summed E-state index contributed by atoms with van der Waals surface area (Å²) in [5.74, 6) is 2.58. The molecule has 0 amide bonds. The SMILES string of the molecule is c1ccc2cc(-c3nc(-c4cc(-c5c6ccccc6cc6ncccc56)cc(-c5c6ccccc6cc6ncccc56)c4)nc(-c4nc(-c5ccc6ccccc6c5)nc(-c5ccc6ccccc6c5)n4)n3)ccc2c1. The van der Waals surface area contributed by atoms with Crippen molar-refractivity contribution in [1.29, 1.82) is 0 Å². The Balaban J connectivity index is 1.03. The van der Waals surface area contributed by atoms with Gasteiger partial charge < -0.3 is 0 Å². The van der Waals surface area contributed by atoms with Crippen LogP contribution in [0.15, 0.2) is 243 Å². The maximum atomic E-state index is 5.45. The topological polar surface area (TPSA) is 103 Å². The second kappa shape index (κ2) is 17.7. The van der Waals surface area contributed by atoms with Crippen molar-refractivity contribution in [3.8, 4) is 79.5 Å². The van der Waals surface area contributed by atoms with E-state index in [4.69, 9.17) is 39.9 Å². The zero-order valence-electron chi connectivity index (χ0n) is 40.7. The van der Waals surface area contributed by atoms with Gasteiger partial charge in [-0.05, 0) is 137 Å². The summed E-state index contributed by atoms with van der Waals surface area (Å²) in [7, 11) is 0. The van der Waals surface area contributed by atoms with Crippen LogP contribution in [0.3, 0.4) is 0 Å². The fraction of sp³-hybridized carbons (Fsp3) is 0. The first-order valence-corrected chi connectivity index (χ1v) is 25.3. The number of benzene rings is 11. The molecule has 11 aromatic carbocycles. The normalized spacial score (nSPS) is 11.7. The Bertz CT molecular complexity index is 4520. The van der Waals surface area contributed by atoms with E-state index in [2.05, 4.69) is 194 Å². The lowest BCUT2D eigenvalue weighted by Crippen LogP contribution is -2.06. The van der Waals surface area contributed by atoms with Gasteiger partial charge in [0.05, 0.1) is 11.0 Å². The number of fused-ring (bicyclic) bond motifs is 7. The van der Waals surface area contributed by atoms with Crippen molar-refractivity contribution in [2.75, 3.05) is 0 Å². The van der Waals surface area contributed by atoms with E-state index < -0.39 is 0 Å². The van der Waals surface area contributed by atoms with Crippen molar-refractivity contribution in [2.24, 2.45) is 0 Å². The van der Waals surface area contributed by atoms with Crippen LogP contribution in [0.5, 0.6) is 0 Å². The average molecular weight is 969 g/mol. The molecule has 0 radical (unpaired) electrons. The molecule has 0 saturated heterocycles. The molecule has 0 atom stereocenters. The van der Waals surface area contributed by atoms with E-state index in [0.29, 0.717) is 34.9 Å². The van der Waals surface area contributed by atoms with Gasteiger partial charge in [-0.15, -0.1) is 0 Å². The van der Waals surface area contributed by atoms with Gasteiger partial charge in [-0.2, -0.15) is 0 Å². The van der Waals surface area contributed by atoms with Gasteiger partial charge >= 0.3 is 0 Å². The highest BCUT2D eigenvalue weighted by Gasteiger charge is 2.22. The molecule has 76 heavy (non-hydrogen) atoms. The molecule has 0 bridgehead atoms. The van der Waals surface area contributed by atoms with Gasteiger partial charge in [-0.3, -0.25) is 9.97 Å². The second-order valence-electron chi connectivity index (χ2n) is 19.2. The maximum Gasteiger partial charge on any atom is 0.202 e. The van der Waals surface area contributed by atoms with Crippen molar-refractivity contribution < 1.29 is 0 Å². The smallest absolute Gasteiger partial charge is 0.202 e. The minimum atomic E-state index is 0.311. The number of aromatic nitrogens is 8. The Labute approximate surface area is 435 Å². The Morgan fingerprint density at radius 3 is 0.921 bits per heavy atom. The van der Waals surface area contributed by atoms with Crippen molar-refractivity contribution >= 4 is 75.7 Å². The minimum absolute atomic E-state index is 0.311. The van der Waals surface area contributed by atoms with E-state index in [1.807, 2.05) is 48.8 Å². The first-order valence-electron chi connectivity index (χ1n) is 25.3. The van der Waals surface area contributed by atoms with Crippen LogP contribution in [0.1, 0.15) is 0 Å². The third-order valence-corrected chi connectivity index (χ3v) is 14.5. The van der Waals surface area contributed by atoms with Gasteiger partial charge in [0.1, 0.15) is 0 Å². The average Bonchev–Trinajstić information content (AvgIpc) is 3.50. The summed E-state index contributed by atoms with van der Waals surface area (Å²) in [5.41, 5.74) is 9.22. The number of nitrogens with zero attached hydrogens (tertiary/aromatic N) is 8. The highest BCUT2D eigenvalue weighted by molar-refractivity contribution is 6.15. The molecule has 0 saturated carbocycles. The van der Waals surface area contributed by atoms with Gasteiger partial charge in [-0.1, -0.05) is 170 Å². The first-order chi connectivity index (χ1) is 37.6. The van der Waals surface area contributed by atoms with Crippen molar-refractivity contribution in [1.82, 2.24) is 39.9 Å². The van der Waals surface area contributed by atoms with Crippen molar-refractivity contribution in [3.05, 3.63) is 243 Å². The van der Waals surface area contributed by atoms with E-state index in [1.54, 1.807) is 0 Å². The van der Waals surface area contributed by atoms with Crippen molar-refractivity contribution in [3.63, 3.8) is 0 Å². The summed E-state index contributed by atoms with van der Waals surface area (Å²) in [6, 6.07) is 80.4. The maximum absolute atomic E-state index is 5.45. The number of hydrogen-bond donors (Lipinski definition) is 0. The standard InChI is InChI=1S/C68H40N8/c1-4-16-44-33-49(28-25-41(44)13-1)63-71-64(50-29-26-42-14-2-5-17-45(42)34-50)74-67(73-63)68-75-65(51-30-27-43-15-3-6-18-46(43)35-51)72-66(76-68)54-37-52(61-55-21-9-7-19-47(55)39-59-57(61)23-11-31-69-59)36-53(38-54)62-56-22-10-8-20-48(56)40-60-58(62)24-12-32-70-60/h1-40H. The molecule has 4 heterocycles. The van der Waals surface area contributed by atoms with Gasteiger partial charge in [0.15, 0.2) is 23.3 Å². The molecule has 15 rings (SSSR count). The largest absolute Gasteiger partial charge is 0.256 e. The van der Waals surface area contributed by atoms with Crippen LogP contribution in [-0.4, -0.2) is 39.9 Å². The quantitative estimate of drug-likeness (QED) is 0.146. The van der Waals surface area contributed by atoms with Crippen LogP contribution in [0.25, 0.3) is 155 Å². The van der Waals surface area contributed by atoms with Crippen LogP contribution in [-0.2, 0) is 0 Å². The van der Waals surface area contributed by atoms with Gasteiger partial charge in [0, 0.05) is 45.4 Å². The third kappa shape index (κ3) is 7.55. The molecular weight excluding hydrogens is 929 g/mol. The number of rotatable bonds is 7. The molecule has 0 aliphatic rings. The molecule has 0 aliphatic heterocycles. The molecule has 0 unspecified atom stereocenters. The zero-order valence-corrected chi connectivity index (χ0v) is 40.7. The summed E-state index contributed by atoms with van der Waals surface area (Å²) < 4.78 is 0. The Morgan fingerprint density at radius 1 is 0.197 bits per heavy atom. The molecule has 15 aromatic rings. The minimum Gasteiger partial charge on any atom is -0.256 e. The second-order valence-corrected chi connectivity index (χ2v) is 19.2. The predicted octanol–water partition coefficient (Wildman–Crippen LogP) is 16.6. The van der Waals surface area contributed by atoms with Crippen LogP contribution >= 0.6 is 0 Å². The molecule has 0 aliphatic carbocycles. The van der Waals surface area contributed by atoms with Gasteiger partial charge in [-0.25, -0.2) is 29.9 Å². The molecule has 0 N–H and O–H groups in total. The van der Waals surface area contributed by atoms with E-state index >= 15 is 0 Å². The van der Waals surface area contributed by atoms with E-state index in [1.165, 1.54) is 0 Å². The van der Waals surface area contributed by atoms with Crippen LogP contribution in [0.2, 0.25) is 0 Å². The van der Waals surface area contributed by atoms with E-state index in [9.17, 15) is 0 Å². The summed E-state index contributed by atoms with van der Waals surface area (Å²) in [6.45, 7) is 0. The summed E-state index contributed by atoms with van der Waals surface area (Å²) in [5, 5.41) is 13.1. The van der Waals surface area contributed by atoms with Crippen LogP contribution in [0.4, 0.5) is 0 Å². The predicted molar refractivity (Wildman–Crippen MR) is 309 cm³/mol. The van der Waals surface area contributed by atoms with E-state index in [-0.39, 0.29) is 0 Å².